The van der Waals surface area contributed by atoms with Crippen molar-refractivity contribution in [2.45, 2.75) is 13.5 Å². The highest BCUT2D eigenvalue weighted by Gasteiger charge is 2.19. The number of rotatable bonds is 3. The third kappa shape index (κ3) is 2.22. The third-order valence-electron chi connectivity index (χ3n) is 2.51. The summed E-state index contributed by atoms with van der Waals surface area (Å²) in [5.41, 5.74) is 0.257. The molecular weight excluding hydrogens is 259 g/mol. The molecule has 1 aromatic carbocycles. The fourth-order valence-electron chi connectivity index (χ4n) is 1.65. The summed E-state index contributed by atoms with van der Waals surface area (Å²) in [4.78, 5) is 11.1. The summed E-state index contributed by atoms with van der Waals surface area (Å²) in [6, 6.07) is 4.10. The van der Waals surface area contributed by atoms with E-state index in [-0.39, 0.29) is 21.8 Å². The van der Waals surface area contributed by atoms with Crippen LogP contribution in [0.1, 0.15) is 17.4 Å². The molecule has 0 unspecified atom stereocenters. The molecule has 0 saturated heterocycles. The van der Waals surface area contributed by atoms with E-state index in [2.05, 4.69) is 5.10 Å². The lowest BCUT2D eigenvalue weighted by Crippen LogP contribution is -2.02. The Kier molecular flexibility index (Phi) is 3.34. The van der Waals surface area contributed by atoms with Crippen LogP contribution in [0, 0.1) is 5.82 Å². The number of benzene rings is 1. The minimum Gasteiger partial charge on any atom is -0.476 e. The fraction of sp³-hybridized carbons (Fsp3) is 0.167. The highest BCUT2D eigenvalue weighted by Crippen LogP contribution is 2.27. The van der Waals surface area contributed by atoms with Gasteiger partial charge in [-0.3, -0.25) is 4.68 Å². The van der Waals surface area contributed by atoms with E-state index < -0.39 is 11.8 Å². The van der Waals surface area contributed by atoms with Gasteiger partial charge in [0, 0.05) is 28.9 Å². The molecule has 4 nitrogen and oxygen atoms in total. The molecule has 94 valence electrons. The van der Waals surface area contributed by atoms with Crippen LogP contribution >= 0.6 is 11.6 Å². The molecule has 6 heteroatoms. The van der Waals surface area contributed by atoms with Gasteiger partial charge in [0.05, 0.1) is 0 Å². The maximum Gasteiger partial charge on any atom is 0.357 e. The van der Waals surface area contributed by atoms with Gasteiger partial charge in [0.25, 0.3) is 0 Å². The summed E-state index contributed by atoms with van der Waals surface area (Å²) in [5, 5.41) is 13.2. The molecule has 0 aliphatic rings. The summed E-state index contributed by atoms with van der Waals surface area (Å²) >= 11 is 5.66. The first kappa shape index (κ1) is 12.6. The molecule has 0 bridgehead atoms. The smallest absolute Gasteiger partial charge is 0.357 e. The van der Waals surface area contributed by atoms with Gasteiger partial charge in [0.2, 0.25) is 0 Å². The van der Waals surface area contributed by atoms with Crippen molar-refractivity contribution in [3.63, 3.8) is 0 Å². The van der Waals surface area contributed by atoms with Crippen molar-refractivity contribution in [2.24, 2.45) is 0 Å². The Morgan fingerprint density at radius 2 is 2.22 bits per heavy atom. The summed E-state index contributed by atoms with van der Waals surface area (Å²) in [6.07, 6.45) is 1.51. The number of nitrogens with zero attached hydrogens (tertiary/aromatic N) is 2. The zero-order valence-electron chi connectivity index (χ0n) is 9.52. The topological polar surface area (TPSA) is 55.1 Å². The van der Waals surface area contributed by atoms with Crippen molar-refractivity contribution in [1.29, 1.82) is 0 Å². The Morgan fingerprint density at radius 3 is 2.78 bits per heavy atom. The van der Waals surface area contributed by atoms with Crippen LogP contribution in [0.4, 0.5) is 4.39 Å². The molecule has 0 saturated carbocycles. The molecule has 1 heterocycles. The number of aromatic nitrogens is 2. The van der Waals surface area contributed by atoms with Crippen LogP contribution in [-0.2, 0) is 6.54 Å². The molecule has 0 amide bonds. The number of carbonyl (C=O) groups is 1. The Bertz CT molecular complexity index is 610. The molecule has 18 heavy (non-hydrogen) atoms. The molecular formula is C12H10ClFN2O2. The lowest BCUT2D eigenvalue weighted by molar-refractivity contribution is 0.0690. The second kappa shape index (κ2) is 4.78. The van der Waals surface area contributed by atoms with Crippen LogP contribution in [0.2, 0.25) is 5.02 Å². The van der Waals surface area contributed by atoms with E-state index in [0.717, 1.165) is 6.07 Å². The first-order valence-corrected chi connectivity index (χ1v) is 5.67. The first-order valence-electron chi connectivity index (χ1n) is 5.29. The number of halogens is 2. The second-order valence-corrected chi connectivity index (χ2v) is 4.11. The molecule has 0 spiro atoms. The van der Waals surface area contributed by atoms with Gasteiger partial charge < -0.3 is 5.11 Å². The van der Waals surface area contributed by atoms with Crippen molar-refractivity contribution in [1.82, 2.24) is 9.78 Å². The SMILES string of the molecule is CCn1cc(-c2ccc(Cl)cc2F)c(C(=O)O)n1. The summed E-state index contributed by atoms with van der Waals surface area (Å²) in [6.45, 7) is 2.33. The summed E-state index contributed by atoms with van der Waals surface area (Å²) in [7, 11) is 0. The predicted octanol–water partition coefficient (Wildman–Crippen LogP) is 3.06. The monoisotopic (exact) mass is 268 g/mol. The van der Waals surface area contributed by atoms with Crippen molar-refractivity contribution >= 4 is 17.6 Å². The lowest BCUT2D eigenvalue weighted by atomic mass is 10.1. The van der Waals surface area contributed by atoms with Gasteiger partial charge in [0.15, 0.2) is 5.69 Å². The van der Waals surface area contributed by atoms with Gasteiger partial charge in [-0.1, -0.05) is 11.6 Å². The van der Waals surface area contributed by atoms with E-state index in [9.17, 15) is 9.18 Å². The molecule has 1 N–H and O–H groups in total. The summed E-state index contributed by atoms with van der Waals surface area (Å²) in [5.74, 6) is -1.76. The maximum atomic E-state index is 13.8. The van der Waals surface area contributed by atoms with Gasteiger partial charge in [0.1, 0.15) is 5.82 Å². The van der Waals surface area contributed by atoms with Crippen LogP contribution in [-0.4, -0.2) is 20.9 Å². The minimum absolute atomic E-state index is 0.168. The van der Waals surface area contributed by atoms with E-state index >= 15 is 0 Å². The third-order valence-corrected chi connectivity index (χ3v) is 2.74. The average Bonchev–Trinajstić information content (AvgIpc) is 2.73. The Balaban J connectivity index is 2.62. The van der Waals surface area contributed by atoms with Gasteiger partial charge in [-0.05, 0) is 25.1 Å². The van der Waals surface area contributed by atoms with Crippen LogP contribution in [0.15, 0.2) is 24.4 Å². The maximum absolute atomic E-state index is 13.8. The predicted molar refractivity (Wildman–Crippen MR) is 65.3 cm³/mol. The van der Waals surface area contributed by atoms with Crippen LogP contribution in [0.25, 0.3) is 11.1 Å². The Labute approximate surface area is 108 Å². The zero-order chi connectivity index (χ0) is 13.3. The van der Waals surface area contributed by atoms with Crippen LogP contribution < -0.4 is 0 Å². The van der Waals surface area contributed by atoms with Crippen LogP contribution in [0.3, 0.4) is 0 Å². The Hall–Kier alpha value is -1.88. The van der Waals surface area contributed by atoms with E-state index in [1.54, 1.807) is 0 Å². The zero-order valence-corrected chi connectivity index (χ0v) is 10.3. The normalized spacial score (nSPS) is 10.6. The average molecular weight is 269 g/mol. The highest BCUT2D eigenvalue weighted by atomic mass is 35.5. The largest absolute Gasteiger partial charge is 0.476 e. The van der Waals surface area contributed by atoms with Crippen molar-refractivity contribution < 1.29 is 14.3 Å². The quantitative estimate of drug-likeness (QED) is 0.931. The number of aromatic carboxylic acids is 1. The van der Waals surface area contributed by atoms with E-state index in [0.29, 0.717) is 6.54 Å². The number of aryl methyl sites for hydroxylation is 1. The Morgan fingerprint density at radius 1 is 1.50 bits per heavy atom. The molecule has 0 aliphatic carbocycles. The molecule has 0 atom stereocenters. The fourth-order valence-corrected chi connectivity index (χ4v) is 1.81. The minimum atomic E-state index is -1.19. The molecule has 0 radical (unpaired) electrons. The van der Waals surface area contributed by atoms with Crippen molar-refractivity contribution in [3.05, 3.63) is 40.9 Å². The van der Waals surface area contributed by atoms with Crippen molar-refractivity contribution in [3.8, 4) is 11.1 Å². The number of hydrogen-bond acceptors (Lipinski definition) is 2. The first-order chi connectivity index (χ1) is 8.52. The highest BCUT2D eigenvalue weighted by molar-refractivity contribution is 6.30. The molecule has 2 rings (SSSR count). The van der Waals surface area contributed by atoms with Gasteiger partial charge >= 0.3 is 5.97 Å². The lowest BCUT2D eigenvalue weighted by Gasteiger charge is -2.01. The van der Waals surface area contributed by atoms with Gasteiger partial charge in [-0.25, -0.2) is 9.18 Å². The van der Waals surface area contributed by atoms with Crippen LogP contribution in [0.5, 0.6) is 0 Å². The molecule has 1 aromatic heterocycles. The van der Waals surface area contributed by atoms with E-state index in [1.807, 2.05) is 6.92 Å². The van der Waals surface area contributed by atoms with Gasteiger partial charge in [-0.2, -0.15) is 5.10 Å². The molecule has 2 aromatic rings. The van der Waals surface area contributed by atoms with Gasteiger partial charge in [-0.15, -0.1) is 0 Å². The number of carboxylic acids is 1. The van der Waals surface area contributed by atoms with E-state index in [1.165, 1.54) is 23.0 Å². The van der Waals surface area contributed by atoms with Crippen molar-refractivity contribution in [2.75, 3.05) is 0 Å². The second-order valence-electron chi connectivity index (χ2n) is 3.68. The summed E-state index contributed by atoms with van der Waals surface area (Å²) < 4.78 is 15.2. The standard InChI is InChI=1S/C12H10ClFN2O2/c1-2-16-6-9(11(15-16)12(17)18)8-4-3-7(13)5-10(8)14/h3-6H,2H2,1H3,(H,17,18). The molecule has 0 aliphatic heterocycles. The number of hydrogen-bond donors (Lipinski definition) is 1. The van der Waals surface area contributed by atoms with E-state index in [4.69, 9.17) is 16.7 Å². The molecule has 0 fully saturated rings. The number of carboxylic acid groups (broad SMARTS) is 1.